The number of aromatic nitrogens is 1. The summed E-state index contributed by atoms with van der Waals surface area (Å²) in [5, 5.41) is 11.9. The minimum absolute atomic E-state index is 0.000439. The number of ketones is 1. The summed E-state index contributed by atoms with van der Waals surface area (Å²) in [5.74, 6) is -1.14. The second-order valence-electron chi connectivity index (χ2n) is 10.6. The number of aliphatic hydroxyl groups excluding tert-OH is 1. The van der Waals surface area contributed by atoms with Crippen LogP contribution in [0.1, 0.15) is 35.2 Å². The van der Waals surface area contributed by atoms with E-state index in [-0.39, 0.29) is 22.6 Å². The predicted molar refractivity (Wildman–Crippen MR) is 162 cm³/mol. The molecule has 7 nitrogen and oxygen atoms in total. The zero-order valence-electron chi connectivity index (χ0n) is 23.0. The lowest BCUT2D eigenvalue weighted by Crippen LogP contribution is -2.29. The van der Waals surface area contributed by atoms with Crippen molar-refractivity contribution in [1.29, 1.82) is 0 Å². The van der Waals surface area contributed by atoms with Crippen LogP contribution in [0.4, 0.5) is 9.52 Å². The Morgan fingerprint density at radius 1 is 1.05 bits per heavy atom. The maximum absolute atomic E-state index is 14.0. The van der Waals surface area contributed by atoms with E-state index >= 15 is 0 Å². The van der Waals surface area contributed by atoms with Crippen LogP contribution in [0, 0.1) is 5.82 Å². The fraction of sp³-hybridized carbons (Fsp3) is 0.147. The number of carbonyl (C=O) groups is 2. The van der Waals surface area contributed by atoms with Crippen molar-refractivity contribution >= 4 is 44.1 Å². The van der Waals surface area contributed by atoms with Crippen LogP contribution in [0.15, 0.2) is 96.6 Å². The average Bonchev–Trinajstić information content (AvgIpc) is 3.68. The number of carbonyl (C=O) groups excluding carboxylic acids is 2. The number of benzene rings is 4. The Kier molecular flexibility index (Phi) is 6.66. The summed E-state index contributed by atoms with van der Waals surface area (Å²) < 4.78 is 26.4. The number of amides is 1. The average molecular weight is 593 g/mol. The largest absolute Gasteiger partial charge is 0.507 e. The molecule has 3 heterocycles. The number of hydrogen-bond acceptors (Lipinski definition) is 7. The maximum atomic E-state index is 14.0. The highest BCUT2D eigenvalue weighted by molar-refractivity contribution is 7.22. The molecule has 7 rings (SSSR count). The van der Waals surface area contributed by atoms with Gasteiger partial charge in [0.05, 0.1) is 21.8 Å². The lowest BCUT2D eigenvalue weighted by Gasteiger charge is -2.23. The number of Topliss-reactive ketones (excluding diaryl/α,β-unsaturated/α-hetero) is 1. The summed E-state index contributed by atoms with van der Waals surface area (Å²) in [6, 6.07) is 25.2. The Morgan fingerprint density at radius 2 is 1.88 bits per heavy atom. The number of halogens is 1. The zero-order chi connectivity index (χ0) is 29.7. The smallest absolute Gasteiger partial charge is 0.301 e. The van der Waals surface area contributed by atoms with Crippen molar-refractivity contribution in [2.45, 2.75) is 32.1 Å². The lowest BCUT2D eigenvalue weighted by atomic mass is 9.94. The summed E-state index contributed by atoms with van der Waals surface area (Å²) in [6.07, 6.45) is 0.664. The molecule has 43 heavy (non-hydrogen) atoms. The lowest BCUT2D eigenvalue weighted by molar-refractivity contribution is -0.132. The van der Waals surface area contributed by atoms with Crippen LogP contribution in [0.2, 0.25) is 0 Å². The first kappa shape index (κ1) is 26.9. The van der Waals surface area contributed by atoms with Gasteiger partial charge in [0.25, 0.3) is 5.78 Å². The number of aliphatic hydroxyl groups is 1. The van der Waals surface area contributed by atoms with Gasteiger partial charge in [-0.1, -0.05) is 53.8 Å². The minimum atomic E-state index is -1.01. The first-order valence-corrected chi connectivity index (χ1v) is 14.6. The van der Waals surface area contributed by atoms with Crippen molar-refractivity contribution in [3.63, 3.8) is 0 Å². The van der Waals surface area contributed by atoms with E-state index in [4.69, 9.17) is 9.47 Å². The second-order valence-corrected chi connectivity index (χ2v) is 11.6. The van der Waals surface area contributed by atoms with Gasteiger partial charge in [-0.15, -0.1) is 0 Å². The van der Waals surface area contributed by atoms with Gasteiger partial charge in [0, 0.05) is 12.0 Å². The summed E-state index contributed by atoms with van der Waals surface area (Å²) in [5.41, 5.74) is 3.27. The molecule has 0 saturated carbocycles. The molecule has 2 aliphatic rings. The van der Waals surface area contributed by atoms with E-state index in [2.05, 4.69) is 4.98 Å². The molecule has 1 fully saturated rings. The minimum Gasteiger partial charge on any atom is -0.507 e. The van der Waals surface area contributed by atoms with Crippen LogP contribution in [0.25, 0.3) is 16.0 Å². The third-order valence-electron chi connectivity index (χ3n) is 7.58. The first-order valence-electron chi connectivity index (χ1n) is 13.8. The Hall–Kier alpha value is -5.02. The van der Waals surface area contributed by atoms with Crippen molar-refractivity contribution < 1.29 is 28.6 Å². The van der Waals surface area contributed by atoms with Gasteiger partial charge in [-0.3, -0.25) is 14.5 Å². The molecule has 0 bridgehead atoms. The molecule has 2 aliphatic heterocycles. The number of ether oxygens (including phenoxy) is 2. The van der Waals surface area contributed by atoms with E-state index < -0.39 is 23.5 Å². The highest BCUT2D eigenvalue weighted by Gasteiger charge is 2.48. The van der Waals surface area contributed by atoms with E-state index in [1.165, 1.54) is 23.1 Å². The fourth-order valence-corrected chi connectivity index (χ4v) is 6.59. The van der Waals surface area contributed by atoms with Gasteiger partial charge in [0.1, 0.15) is 35.8 Å². The van der Waals surface area contributed by atoms with Crippen LogP contribution in [-0.4, -0.2) is 27.9 Å². The fourth-order valence-electron chi connectivity index (χ4n) is 5.57. The van der Waals surface area contributed by atoms with Crippen LogP contribution in [0.5, 0.6) is 11.5 Å². The molecule has 1 N–H and O–H groups in total. The third kappa shape index (κ3) is 4.91. The molecule has 214 valence electrons. The Bertz CT molecular complexity index is 1940. The summed E-state index contributed by atoms with van der Waals surface area (Å²) in [6.45, 7) is 2.28. The number of hydrogen-bond donors (Lipinski definition) is 1. The molecule has 2 atom stereocenters. The molecule has 1 amide bonds. The van der Waals surface area contributed by atoms with Crippen molar-refractivity contribution in [3.05, 3.63) is 125 Å². The Morgan fingerprint density at radius 3 is 2.72 bits per heavy atom. The van der Waals surface area contributed by atoms with Gasteiger partial charge < -0.3 is 14.6 Å². The normalized spacial score (nSPS) is 19.1. The highest BCUT2D eigenvalue weighted by atomic mass is 32.1. The van der Waals surface area contributed by atoms with E-state index in [9.17, 15) is 19.1 Å². The van der Waals surface area contributed by atoms with E-state index in [1.54, 1.807) is 42.5 Å². The summed E-state index contributed by atoms with van der Waals surface area (Å²) in [4.78, 5) is 33.2. The number of anilines is 1. The Labute approximate surface area is 250 Å². The van der Waals surface area contributed by atoms with Crippen LogP contribution >= 0.6 is 11.3 Å². The highest BCUT2D eigenvalue weighted by Crippen LogP contribution is 2.45. The van der Waals surface area contributed by atoms with Crippen LogP contribution in [0.3, 0.4) is 0 Å². The molecule has 0 unspecified atom stereocenters. The molecular weight excluding hydrogens is 567 g/mol. The van der Waals surface area contributed by atoms with E-state index in [0.717, 1.165) is 28.2 Å². The summed E-state index contributed by atoms with van der Waals surface area (Å²) >= 11 is 1.10. The van der Waals surface area contributed by atoms with Gasteiger partial charge in [-0.05, 0) is 72.1 Å². The molecule has 4 aromatic carbocycles. The molecule has 0 spiro atoms. The van der Waals surface area contributed by atoms with E-state index in [1.807, 2.05) is 37.3 Å². The van der Waals surface area contributed by atoms with Gasteiger partial charge in [0.15, 0.2) is 5.13 Å². The van der Waals surface area contributed by atoms with Gasteiger partial charge in [0.2, 0.25) is 0 Å². The van der Waals surface area contributed by atoms with Gasteiger partial charge in [-0.25, -0.2) is 9.37 Å². The number of fused-ring (bicyclic) bond motifs is 2. The number of rotatable bonds is 6. The predicted octanol–water partition coefficient (Wildman–Crippen LogP) is 6.96. The molecule has 0 radical (unpaired) electrons. The zero-order valence-corrected chi connectivity index (χ0v) is 23.8. The van der Waals surface area contributed by atoms with Crippen LogP contribution < -0.4 is 14.4 Å². The molecule has 9 heteroatoms. The maximum Gasteiger partial charge on any atom is 0.301 e. The molecule has 1 saturated heterocycles. The van der Waals surface area contributed by atoms with Crippen molar-refractivity contribution in [2.24, 2.45) is 0 Å². The summed E-state index contributed by atoms with van der Waals surface area (Å²) in [7, 11) is 0. The standard InChI is InChI=1S/C34H25FN2O5S/c1-19-14-23-15-22(10-13-27(23)42-19)31(38)29-30(21-8-5-9-25(16-21)41-18-20-6-3-2-4-7-20)37(33(40)32(29)39)34-36-26-12-11-24(35)17-28(26)43-34/h2-13,15-17,19,30,38H,14,18H2,1H3/b31-29+/t19-,30+/m1/s1. The number of nitrogens with zero attached hydrogens (tertiary/aromatic N) is 2. The topological polar surface area (TPSA) is 89.0 Å². The van der Waals surface area contributed by atoms with Gasteiger partial charge in [-0.2, -0.15) is 0 Å². The Balaban J connectivity index is 1.35. The number of thiazole rings is 1. The molecule has 5 aromatic rings. The second kappa shape index (κ2) is 10.7. The van der Waals surface area contributed by atoms with Gasteiger partial charge >= 0.3 is 5.91 Å². The molecular formula is C34H25FN2O5S. The van der Waals surface area contributed by atoms with Crippen molar-refractivity contribution in [1.82, 2.24) is 4.98 Å². The molecule has 1 aromatic heterocycles. The SMILES string of the molecule is C[C@@H]1Cc2cc(/C(O)=C3\C(=O)C(=O)N(c4nc5ccc(F)cc5s4)[C@H]3c3cccc(OCc4ccccc4)c3)ccc2O1. The van der Waals surface area contributed by atoms with Crippen molar-refractivity contribution in [2.75, 3.05) is 4.90 Å². The quantitative estimate of drug-likeness (QED) is 0.130. The third-order valence-corrected chi connectivity index (χ3v) is 8.60. The first-order chi connectivity index (χ1) is 20.9. The van der Waals surface area contributed by atoms with Crippen molar-refractivity contribution in [3.8, 4) is 11.5 Å². The van der Waals surface area contributed by atoms with E-state index in [0.29, 0.717) is 40.1 Å². The molecule has 0 aliphatic carbocycles. The monoisotopic (exact) mass is 592 g/mol. The van der Waals surface area contributed by atoms with Crippen LogP contribution in [-0.2, 0) is 22.6 Å².